The van der Waals surface area contributed by atoms with Gasteiger partial charge in [-0.1, -0.05) is 23.2 Å². The van der Waals surface area contributed by atoms with Crippen LogP contribution in [0.5, 0.6) is 0 Å². The first-order valence-corrected chi connectivity index (χ1v) is 8.97. The largest absolute Gasteiger partial charge is 0.375 e. The summed E-state index contributed by atoms with van der Waals surface area (Å²) < 4.78 is 19.5. The summed E-state index contributed by atoms with van der Waals surface area (Å²) in [7, 11) is 7.63. The second-order valence-electron chi connectivity index (χ2n) is 6.85. The molecule has 0 saturated carbocycles. The Kier molecular flexibility index (Phi) is 5.95. The molecule has 2 aromatic rings. The van der Waals surface area contributed by atoms with Crippen LogP contribution in [0.2, 0.25) is 0 Å². The van der Waals surface area contributed by atoms with Crippen molar-refractivity contribution in [3.8, 4) is 6.07 Å². The Morgan fingerprint density at radius 2 is 2.14 bits per heavy atom. The first-order chi connectivity index (χ1) is 13.9. The monoisotopic (exact) mass is 388 g/mol. The van der Waals surface area contributed by atoms with E-state index >= 15 is 0 Å². The van der Waals surface area contributed by atoms with E-state index in [1.165, 1.54) is 17.0 Å². The third kappa shape index (κ3) is 3.98. The molecule has 0 spiro atoms. The van der Waals surface area contributed by atoms with Crippen LogP contribution in [-0.2, 0) is 4.74 Å². The maximum atomic E-state index is 14.0. The van der Waals surface area contributed by atoms with Gasteiger partial charge >= 0.3 is 0 Å². The molecule has 2 aromatic carbocycles. The molecule has 1 aliphatic heterocycles. The number of aryl methyl sites for hydroxylation is 1. The van der Waals surface area contributed by atoms with Gasteiger partial charge in [0.1, 0.15) is 19.7 Å². The van der Waals surface area contributed by atoms with Crippen LogP contribution in [0, 0.1) is 24.1 Å². The smallest absolute Gasteiger partial charge is 0.254 e. The summed E-state index contributed by atoms with van der Waals surface area (Å²) in [6.45, 7) is 2.38. The molecule has 1 heterocycles. The molecule has 0 bridgehead atoms. The summed E-state index contributed by atoms with van der Waals surface area (Å²) in [5.41, 5.74) is 3.18. The highest BCUT2D eigenvalue weighted by Gasteiger charge is 2.29. The number of likely N-dealkylation sites (N-methyl/N-ethyl adjacent to an activating group) is 1. The molecule has 3 rings (SSSR count). The lowest BCUT2D eigenvalue weighted by Gasteiger charge is -2.33. The second kappa shape index (κ2) is 8.42. The standard InChI is InChI=1S/C22H18BFN2O3/c1-13-7-16(11-27)18(9-19(13)23)17-5-6-29-12-21(17)26(2)22(28)14-3-4-15(10-25)20(24)8-14/h3-5,7-9,11,21H,6,12H2,1-2H3. The fourth-order valence-electron chi connectivity index (χ4n) is 3.34. The summed E-state index contributed by atoms with van der Waals surface area (Å²) in [4.78, 5) is 26.0. The van der Waals surface area contributed by atoms with E-state index in [0.717, 1.165) is 23.5 Å². The summed E-state index contributed by atoms with van der Waals surface area (Å²) in [6.07, 6.45) is 2.57. The number of ether oxygens (including phenoxy) is 1. The van der Waals surface area contributed by atoms with Gasteiger partial charge in [0.15, 0.2) is 6.29 Å². The Labute approximate surface area is 169 Å². The van der Waals surface area contributed by atoms with Gasteiger partial charge in [-0.05, 0) is 42.3 Å². The lowest BCUT2D eigenvalue weighted by Crippen LogP contribution is -2.43. The molecule has 1 atom stereocenters. The first kappa shape index (κ1) is 20.5. The van der Waals surface area contributed by atoms with E-state index in [0.29, 0.717) is 23.2 Å². The average molecular weight is 388 g/mol. The Morgan fingerprint density at radius 1 is 1.38 bits per heavy atom. The highest BCUT2D eigenvalue weighted by Crippen LogP contribution is 2.28. The third-order valence-corrected chi connectivity index (χ3v) is 5.06. The van der Waals surface area contributed by atoms with E-state index in [1.54, 1.807) is 25.2 Å². The summed E-state index contributed by atoms with van der Waals surface area (Å²) >= 11 is 0. The van der Waals surface area contributed by atoms with Gasteiger partial charge in [0, 0.05) is 18.2 Å². The normalized spacial score (nSPS) is 15.9. The number of hydrogen-bond acceptors (Lipinski definition) is 4. The SMILES string of the molecule is [B]c1cc(C2=CCOCC2N(C)C(=O)c2ccc(C#N)c(F)c2)c(C=O)cc1C. The van der Waals surface area contributed by atoms with Crippen LogP contribution in [0.25, 0.3) is 5.57 Å². The highest BCUT2D eigenvalue weighted by molar-refractivity contribution is 6.33. The molecule has 5 nitrogen and oxygen atoms in total. The zero-order valence-corrected chi connectivity index (χ0v) is 16.1. The van der Waals surface area contributed by atoms with E-state index in [4.69, 9.17) is 17.8 Å². The maximum Gasteiger partial charge on any atom is 0.254 e. The molecule has 0 fully saturated rings. The Morgan fingerprint density at radius 3 is 2.79 bits per heavy atom. The summed E-state index contributed by atoms with van der Waals surface area (Å²) in [5, 5.41) is 8.86. The predicted molar refractivity (Wildman–Crippen MR) is 108 cm³/mol. The molecule has 1 aliphatic rings. The fourth-order valence-corrected chi connectivity index (χ4v) is 3.34. The van der Waals surface area contributed by atoms with Crippen LogP contribution >= 0.6 is 0 Å². The number of nitrogens with zero attached hydrogens (tertiary/aromatic N) is 2. The molecular formula is C22H18BFN2O3. The second-order valence-corrected chi connectivity index (χ2v) is 6.85. The number of halogens is 1. The van der Waals surface area contributed by atoms with Crippen LogP contribution in [0.1, 0.15) is 37.4 Å². The number of amides is 1. The van der Waals surface area contributed by atoms with Gasteiger partial charge in [-0.2, -0.15) is 5.26 Å². The maximum absolute atomic E-state index is 14.0. The third-order valence-electron chi connectivity index (χ3n) is 5.06. The van der Waals surface area contributed by atoms with Crippen molar-refractivity contribution in [1.29, 1.82) is 5.26 Å². The zero-order chi connectivity index (χ0) is 21.1. The topological polar surface area (TPSA) is 70.4 Å². The van der Waals surface area contributed by atoms with Crippen LogP contribution in [-0.4, -0.2) is 51.2 Å². The van der Waals surface area contributed by atoms with Gasteiger partial charge in [0.05, 0.1) is 24.8 Å². The van der Waals surface area contributed by atoms with E-state index in [9.17, 15) is 14.0 Å². The molecule has 1 unspecified atom stereocenters. The number of aldehydes is 1. The molecule has 2 radical (unpaired) electrons. The number of rotatable bonds is 4. The van der Waals surface area contributed by atoms with Gasteiger partial charge < -0.3 is 9.64 Å². The Hall–Kier alpha value is -3.24. The van der Waals surface area contributed by atoms with Crippen LogP contribution in [0.3, 0.4) is 0 Å². The quantitative estimate of drug-likeness (QED) is 0.595. The van der Waals surface area contributed by atoms with Crippen molar-refractivity contribution in [2.45, 2.75) is 13.0 Å². The number of carbonyl (C=O) groups excluding carboxylic acids is 2. The molecule has 0 N–H and O–H groups in total. The molecule has 0 aromatic heterocycles. The average Bonchev–Trinajstić information content (AvgIpc) is 2.74. The fraction of sp³-hybridized carbons (Fsp3) is 0.227. The van der Waals surface area contributed by atoms with Gasteiger partial charge in [-0.3, -0.25) is 9.59 Å². The van der Waals surface area contributed by atoms with Crippen molar-refractivity contribution in [3.05, 3.63) is 70.0 Å². The van der Waals surface area contributed by atoms with Crippen LogP contribution < -0.4 is 5.46 Å². The summed E-state index contributed by atoms with van der Waals surface area (Å²) in [5.74, 6) is -1.18. The zero-order valence-electron chi connectivity index (χ0n) is 16.1. The minimum Gasteiger partial charge on any atom is -0.375 e. The number of nitriles is 1. The van der Waals surface area contributed by atoms with E-state index in [1.807, 2.05) is 13.0 Å². The van der Waals surface area contributed by atoms with Crippen molar-refractivity contribution < 1.29 is 18.7 Å². The van der Waals surface area contributed by atoms with Gasteiger partial charge in [-0.15, -0.1) is 0 Å². The van der Waals surface area contributed by atoms with Crippen LogP contribution in [0.4, 0.5) is 4.39 Å². The molecule has 0 aliphatic carbocycles. The molecule has 29 heavy (non-hydrogen) atoms. The number of benzene rings is 2. The molecular weight excluding hydrogens is 370 g/mol. The van der Waals surface area contributed by atoms with E-state index < -0.39 is 17.8 Å². The van der Waals surface area contributed by atoms with Crippen LogP contribution in [0.15, 0.2) is 36.4 Å². The summed E-state index contributed by atoms with van der Waals surface area (Å²) in [6, 6.07) is 8.41. The molecule has 7 heteroatoms. The highest BCUT2D eigenvalue weighted by atomic mass is 19.1. The van der Waals surface area contributed by atoms with Crippen molar-refractivity contribution in [2.24, 2.45) is 0 Å². The van der Waals surface area contributed by atoms with Gasteiger partial charge in [0.25, 0.3) is 5.91 Å². The van der Waals surface area contributed by atoms with Crippen molar-refractivity contribution in [1.82, 2.24) is 4.90 Å². The molecule has 1 amide bonds. The van der Waals surface area contributed by atoms with Crippen molar-refractivity contribution >= 4 is 31.1 Å². The van der Waals surface area contributed by atoms with Crippen molar-refractivity contribution in [2.75, 3.05) is 20.3 Å². The van der Waals surface area contributed by atoms with E-state index in [-0.39, 0.29) is 17.7 Å². The number of carbonyl (C=O) groups is 2. The predicted octanol–water partition coefficient (Wildman–Crippen LogP) is 2.17. The first-order valence-electron chi connectivity index (χ1n) is 8.97. The number of hydrogen-bond donors (Lipinski definition) is 0. The lowest BCUT2D eigenvalue weighted by atomic mass is 9.83. The molecule has 144 valence electrons. The van der Waals surface area contributed by atoms with E-state index in [2.05, 4.69) is 0 Å². The van der Waals surface area contributed by atoms with Gasteiger partial charge in [0.2, 0.25) is 0 Å². The van der Waals surface area contributed by atoms with Crippen molar-refractivity contribution in [3.63, 3.8) is 0 Å². The Bertz CT molecular complexity index is 1060. The minimum atomic E-state index is -0.753. The van der Waals surface area contributed by atoms with Gasteiger partial charge in [-0.25, -0.2) is 4.39 Å². The lowest BCUT2D eigenvalue weighted by molar-refractivity contribution is 0.0620. The Balaban J connectivity index is 1.98. The minimum absolute atomic E-state index is 0.118. The molecule has 0 saturated heterocycles.